The van der Waals surface area contributed by atoms with Gasteiger partial charge in [0.05, 0.1) is 0 Å². The van der Waals surface area contributed by atoms with Gasteiger partial charge in [-0.1, -0.05) is 6.92 Å². The molecule has 1 heterocycles. The summed E-state index contributed by atoms with van der Waals surface area (Å²) >= 11 is 0. The van der Waals surface area contributed by atoms with E-state index in [1.165, 1.54) is 0 Å². The number of rotatable bonds is 4. The second-order valence-corrected chi connectivity index (χ2v) is 4.71. The second kappa shape index (κ2) is 5.64. The van der Waals surface area contributed by atoms with Gasteiger partial charge in [0, 0.05) is 26.8 Å². The lowest BCUT2D eigenvalue weighted by atomic mass is 9.95. The second-order valence-electron chi connectivity index (χ2n) is 4.71. The molecule has 0 radical (unpaired) electrons. The Morgan fingerprint density at radius 3 is 2.44 bits per heavy atom. The molecule has 16 heavy (non-hydrogen) atoms. The number of hydrogen-bond donors (Lipinski definition) is 1. The van der Waals surface area contributed by atoms with E-state index >= 15 is 0 Å². The zero-order valence-electron chi connectivity index (χ0n) is 10.5. The van der Waals surface area contributed by atoms with E-state index < -0.39 is 5.60 Å². The van der Waals surface area contributed by atoms with Gasteiger partial charge in [0.1, 0.15) is 5.60 Å². The van der Waals surface area contributed by atoms with Crippen LogP contribution in [0.4, 0.5) is 0 Å². The van der Waals surface area contributed by atoms with Crippen molar-refractivity contribution in [2.24, 2.45) is 5.92 Å². The zero-order chi connectivity index (χ0) is 12.2. The quantitative estimate of drug-likeness (QED) is 0.783. The topological polar surface area (TPSA) is 49.8 Å². The highest BCUT2D eigenvalue weighted by Crippen LogP contribution is 2.22. The van der Waals surface area contributed by atoms with Gasteiger partial charge in [0.15, 0.2) is 0 Å². The van der Waals surface area contributed by atoms with Gasteiger partial charge in [-0.3, -0.25) is 4.79 Å². The number of piperidine rings is 1. The minimum Gasteiger partial charge on any atom is -0.396 e. The van der Waals surface area contributed by atoms with E-state index in [9.17, 15) is 4.79 Å². The van der Waals surface area contributed by atoms with Gasteiger partial charge >= 0.3 is 0 Å². The van der Waals surface area contributed by atoms with Crippen LogP contribution in [0.1, 0.15) is 33.1 Å². The van der Waals surface area contributed by atoms with Crippen molar-refractivity contribution in [1.82, 2.24) is 4.90 Å². The molecule has 0 bridgehead atoms. The fourth-order valence-electron chi connectivity index (χ4n) is 2.04. The number of aliphatic hydroxyl groups is 1. The first-order valence-corrected chi connectivity index (χ1v) is 6.02. The number of carbonyl (C=O) groups is 1. The summed E-state index contributed by atoms with van der Waals surface area (Å²) in [5, 5.41) is 9.04. The zero-order valence-corrected chi connectivity index (χ0v) is 10.5. The molecule has 1 rings (SSSR count). The number of methoxy groups -OCH3 is 1. The van der Waals surface area contributed by atoms with Gasteiger partial charge in [-0.25, -0.2) is 0 Å². The molecule has 0 aromatic heterocycles. The Bertz CT molecular complexity index is 230. The maximum absolute atomic E-state index is 12.2. The molecule has 1 N–H and O–H groups in total. The average molecular weight is 229 g/mol. The molecule has 1 amide bonds. The lowest BCUT2D eigenvalue weighted by molar-refractivity contribution is -0.155. The van der Waals surface area contributed by atoms with Crippen molar-refractivity contribution in [1.29, 1.82) is 0 Å². The highest BCUT2D eigenvalue weighted by atomic mass is 16.5. The number of amides is 1. The van der Waals surface area contributed by atoms with E-state index in [1.54, 1.807) is 7.11 Å². The molecule has 0 aromatic rings. The first-order valence-electron chi connectivity index (χ1n) is 6.02. The lowest BCUT2D eigenvalue weighted by Gasteiger charge is -2.37. The van der Waals surface area contributed by atoms with Crippen LogP contribution in [0.15, 0.2) is 0 Å². The maximum Gasteiger partial charge on any atom is 0.254 e. The van der Waals surface area contributed by atoms with Crippen LogP contribution in [-0.4, -0.2) is 48.3 Å². The summed E-state index contributed by atoms with van der Waals surface area (Å²) in [6, 6.07) is 0. The molecule has 1 saturated heterocycles. The number of ether oxygens (including phenoxy) is 1. The normalized spacial score (nSPS) is 21.9. The van der Waals surface area contributed by atoms with Crippen molar-refractivity contribution in [2.75, 3.05) is 26.8 Å². The van der Waals surface area contributed by atoms with Crippen LogP contribution in [0, 0.1) is 5.92 Å². The molecule has 1 atom stereocenters. The molecule has 0 saturated carbocycles. The average Bonchev–Trinajstić information content (AvgIpc) is 2.37. The van der Waals surface area contributed by atoms with E-state index in [-0.39, 0.29) is 12.5 Å². The first-order chi connectivity index (χ1) is 7.57. The van der Waals surface area contributed by atoms with Crippen molar-refractivity contribution in [3.63, 3.8) is 0 Å². The van der Waals surface area contributed by atoms with Gasteiger partial charge in [0.25, 0.3) is 5.91 Å². The number of likely N-dealkylation sites (tertiary alicyclic amines) is 1. The van der Waals surface area contributed by atoms with E-state index in [4.69, 9.17) is 9.84 Å². The largest absolute Gasteiger partial charge is 0.396 e. The van der Waals surface area contributed by atoms with Crippen molar-refractivity contribution < 1.29 is 14.6 Å². The Hall–Kier alpha value is -0.610. The van der Waals surface area contributed by atoms with E-state index in [0.29, 0.717) is 12.3 Å². The summed E-state index contributed by atoms with van der Waals surface area (Å²) in [7, 11) is 1.59. The maximum atomic E-state index is 12.2. The molecule has 0 aliphatic carbocycles. The number of hydrogen-bond acceptors (Lipinski definition) is 3. The third kappa shape index (κ3) is 2.74. The van der Waals surface area contributed by atoms with E-state index in [1.807, 2.05) is 18.7 Å². The highest BCUT2D eigenvalue weighted by Gasteiger charge is 2.36. The molecule has 0 aromatic carbocycles. The Morgan fingerprint density at radius 2 is 2.06 bits per heavy atom. The third-order valence-corrected chi connectivity index (χ3v) is 3.74. The molecule has 94 valence electrons. The SMILES string of the molecule is CCC(C)(OC)C(=O)N1CCC(CO)CC1. The predicted octanol–water partition coefficient (Wildman–Crippen LogP) is 1.03. The molecular formula is C12H23NO3. The lowest BCUT2D eigenvalue weighted by Crippen LogP contribution is -2.50. The molecule has 1 unspecified atom stereocenters. The van der Waals surface area contributed by atoms with Crippen LogP contribution in [0.3, 0.4) is 0 Å². The third-order valence-electron chi connectivity index (χ3n) is 3.74. The Kier molecular flexibility index (Phi) is 4.74. The van der Waals surface area contributed by atoms with Gasteiger partial charge in [-0.2, -0.15) is 0 Å². The minimum absolute atomic E-state index is 0.0777. The smallest absolute Gasteiger partial charge is 0.254 e. The highest BCUT2D eigenvalue weighted by molar-refractivity contribution is 5.84. The Labute approximate surface area is 97.6 Å². The summed E-state index contributed by atoms with van der Waals surface area (Å²) in [5.41, 5.74) is -0.688. The summed E-state index contributed by atoms with van der Waals surface area (Å²) in [6.07, 6.45) is 2.47. The molecule has 4 heteroatoms. The molecule has 1 fully saturated rings. The summed E-state index contributed by atoms with van der Waals surface area (Å²) in [5.74, 6) is 0.438. The van der Waals surface area contributed by atoms with Crippen LogP contribution in [-0.2, 0) is 9.53 Å². The van der Waals surface area contributed by atoms with Gasteiger partial charge < -0.3 is 14.7 Å². The van der Waals surface area contributed by atoms with Crippen LogP contribution in [0.25, 0.3) is 0 Å². The fraction of sp³-hybridized carbons (Fsp3) is 0.917. The number of carbonyl (C=O) groups excluding carboxylic acids is 1. The van der Waals surface area contributed by atoms with Crippen LogP contribution in [0.2, 0.25) is 0 Å². The van der Waals surface area contributed by atoms with Crippen molar-refractivity contribution in [3.05, 3.63) is 0 Å². The van der Waals surface area contributed by atoms with E-state index in [0.717, 1.165) is 25.9 Å². The first kappa shape index (κ1) is 13.5. The van der Waals surface area contributed by atoms with Crippen molar-refractivity contribution in [3.8, 4) is 0 Å². The molecule has 4 nitrogen and oxygen atoms in total. The van der Waals surface area contributed by atoms with Crippen LogP contribution >= 0.6 is 0 Å². The van der Waals surface area contributed by atoms with Crippen molar-refractivity contribution >= 4 is 5.91 Å². The molecular weight excluding hydrogens is 206 g/mol. The number of aliphatic hydroxyl groups excluding tert-OH is 1. The number of nitrogens with zero attached hydrogens (tertiary/aromatic N) is 1. The summed E-state index contributed by atoms with van der Waals surface area (Å²) in [6.45, 7) is 5.51. The predicted molar refractivity (Wildman–Crippen MR) is 62.1 cm³/mol. The summed E-state index contributed by atoms with van der Waals surface area (Å²) in [4.78, 5) is 14.1. The van der Waals surface area contributed by atoms with Gasteiger partial charge in [-0.05, 0) is 32.1 Å². The molecule has 1 aliphatic rings. The monoisotopic (exact) mass is 229 g/mol. The fourth-order valence-corrected chi connectivity index (χ4v) is 2.04. The van der Waals surface area contributed by atoms with Gasteiger partial charge in [0.2, 0.25) is 0 Å². The van der Waals surface area contributed by atoms with Gasteiger partial charge in [-0.15, -0.1) is 0 Å². The van der Waals surface area contributed by atoms with E-state index in [2.05, 4.69) is 0 Å². The van der Waals surface area contributed by atoms with Crippen LogP contribution in [0.5, 0.6) is 0 Å². The minimum atomic E-state index is -0.688. The van der Waals surface area contributed by atoms with Crippen LogP contribution < -0.4 is 0 Å². The van der Waals surface area contributed by atoms with Crippen molar-refractivity contribution in [2.45, 2.75) is 38.7 Å². The molecule has 0 spiro atoms. The summed E-state index contributed by atoms with van der Waals surface area (Å²) < 4.78 is 5.31. The molecule has 1 aliphatic heterocycles. The standard InChI is InChI=1S/C12H23NO3/c1-4-12(2,16-3)11(15)13-7-5-10(9-14)6-8-13/h10,14H,4-9H2,1-3H3. The Balaban J connectivity index is 2.56. The Morgan fingerprint density at radius 1 is 1.50 bits per heavy atom.